The summed E-state index contributed by atoms with van der Waals surface area (Å²) in [4.78, 5) is 11.1. The number of allylic oxidation sites excluding steroid dienone is 4. The second kappa shape index (κ2) is 4.74. The van der Waals surface area contributed by atoms with Crippen molar-refractivity contribution in [2.45, 2.75) is 25.8 Å². The van der Waals surface area contributed by atoms with E-state index >= 15 is 0 Å². The van der Waals surface area contributed by atoms with Crippen molar-refractivity contribution >= 4 is 17.5 Å². The molecule has 1 aliphatic heterocycles. The normalized spacial score (nSPS) is 24.5. The molecule has 98 valence electrons. The minimum atomic E-state index is -0.0285. The van der Waals surface area contributed by atoms with E-state index in [1.807, 2.05) is 30.4 Å². The Labute approximate surface area is 117 Å². The van der Waals surface area contributed by atoms with Gasteiger partial charge in [-0.05, 0) is 31.1 Å². The van der Waals surface area contributed by atoms with E-state index in [9.17, 15) is 4.79 Å². The maximum Gasteiger partial charge on any atom is 0.217 e. The van der Waals surface area contributed by atoms with Gasteiger partial charge in [-0.3, -0.25) is 4.79 Å². The molecule has 2 aliphatic carbocycles. The van der Waals surface area contributed by atoms with Gasteiger partial charge < -0.3 is 10.1 Å². The van der Waals surface area contributed by atoms with Crippen LogP contribution < -0.4 is 5.32 Å². The Kier molecular flexibility index (Phi) is 3.07. The highest BCUT2D eigenvalue weighted by Gasteiger charge is 2.25. The number of carbonyl (C=O) groups is 1. The third kappa shape index (κ3) is 2.38. The van der Waals surface area contributed by atoms with Crippen LogP contribution in [0.25, 0.3) is 0 Å². The van der Waals surface area contributed by atoms with Gasteiger partial charge in [-0.1, -0.05) is 23.8 Å². The summed E-state index contributed by atoms with van der Waals surface area (Å²) in [6.07, 6.45) is 11.6. The molecule has 0 radical (unpaired) electrons. The average molecular weight is 276 g/mol. The summed E-state index contributed by atoms with van der Waals surface area (Å²) in [5, 5.41) is 3.61. The zero-order valence-corrected chi connectivity index (χ0v) is 11.3. The van der Waals surface area contributed by atoms with Crippen molar-refractivity contribution in [3.05, 3.63) is 58.1 Å². The maximum atomic E-state index is 11.1. The first-order chi connectivity index (χ1) is 9.13. The summed E-state index contributed by atoms with van der Waals surface area (Å²) in [7, 11) is 0. The van der Waals surface area contributed by atoms with E-state index in [1.54, 1.807) is 0 Å². The van der Waals surface area contributed by atoms with Crippen LogP contribution in [-0.2, 0) is 9.53 Å². The second-order valence-corrected chi connectivity index (χ2v) is 5.16. The van der Waals surface area contributed by atoms with Gasteiger partial charge in [0.2, 0.25) is 5.91 Å². The summed E-state index contributed by atoms with van der Waals surface area (Å²) in [6, 6.07) is 0.0218. The van der Waals surface area contributed by atoms with Gasteiger partial charge >= 0.3 is 0 Å². The smallest absolute Gasteiger partial charge is 0.217 e. The molecule has 0 bridgehead atoms. The zero-order valence-electron chi connectivity index (χ0n) is 10.6. The Morgan fingerprint density at radius 1 is 1.37 bits per heavy atom. The highest BCUT2D eigenvalue weighted by atomic mass is 35.5. The van der Waals surface area contributed by atoms with Gasteiger partial charge in [0.05, 0.1) is 6.04 Å². The highest BCUT2D eigenvalue weighted by Crippen LogP contribution is 2.38. The lowest BCUT2D eigenvalue weighted by molar-refractivity contribution is -0.119. The molecule has 0 saturated carbocycles. The van der Waals surface area contributed by atoms with E-state index in [4.69, 9.17) is 16.3 Å². The van der Waals surface area contributed by atoms with Gasteiger partial charge in [0.15, 0.2) is 0 Å². The molecule has 1 N–H and O–H groups in total. The van der Waals surface area contributed by atoms with Crippen molar-refractivity contribution in [1.29, 1.82) is 0 Å². The van der Waals surface area contributed by atoms with Crippen molar-refractivity contribution in [2.75, 3.05) is 0 Å². The molecule has 4 heteroatoms. The first-order valence-corrected chi connectivity index (χ1v) is 6.67. The van der Waals surface area contributed by atoms with Crippen LogP contribution in [0, 0.1) is 0 Å². The third-order valence-electron chi connectivity index (χ3n) is 3.25. The first-order valence-electron chi connectivity index (χ1n) is 6.29. The molecular weight excluding hydrogens is 262 g/mol. The second-order valence-electron chi connectivity index (χ2n) is 4.75. The largest absolute Gasteiger partial charge is 0.457 e. The predicted octanol–water partition coefficient (Wildman–Crippen LogP) is 3.07. The predicted molar refractivity (Wildman–Crippen MR) is 74.2 cm³/mol. The molecule has 0 aromatic rings. The number of amides is 1. The van der Waals surface area contributed by atoms with Crippen LogP contribution in [0.5, 0.6) is 0 Å². The van der Waals surface area contributed by atoms with Crippen LogP contribution >= 0.6 is 11.6 Å². The fourth-order valence-electron chi connectivity index (χ4n) is 2.42. The summed E-state index contributed by atoms with van der Waals surface area (Å²) < 4.78 is 5.87. The molecule has 1 atom stereocenters. The molecule has 3 rings (SSSR count). The fourth-order valence-corrected chi connectivity index (χ4v) is 2.65. The van der Waals surface area contributed by atoms with Gasteiger partial charge in [-0.15, -0.1) is 0 Å². The molecule has 1 unspecified atom stereocenters. The van der Waals surface area contributed by atoms with E-state index < -0.39 is 0 Å². The summed E-state index contributed by atoms with van der Waals surface area (Å²) >= 11 is 6.20. The standard InChI is InChI=1S/C15H14ClNO2/c1-9(18)17-11-5-6-14-10(7-11)8-12-13(16)3-2-4-15(12)19-14/h3-4,6-8,11H,2,5H2,1H3,(H,17,18). The van der Waals surface area contributed by atoms with Gasteiger partial charge in [-0.2, -0.15) is 0 Å². The van der Waals surface area contributed by atoms with Crippen molar-refractivity contribution in [3.8, 4) is 0 Å². The Morgan fingerprint density at radius 3 is 3.00 bits per heavy atom. The topological polar surface area (TPSA) is 38.3 Å². The summed E-state index contributed by atoms with van der Waals surface area (Å²) in [5.41, 5.74) is 1.89. The number of fused-ring (bicyclic) bond motifs is 2. The van der Waals surface area contributed by atoms with Crippen molar-refractivity contribution in [3.63, 3.8) is 0 Å². The number of nitrogens with one attached hydrogen (secondary N) is 1. The van der Waals surface area contributed by atoms with E-state index in [1.165, 1.54) is 6.92 Å². The SMILES string of the molecule is CC(=O)NC1C=C2C=C3C(Cl)=CCC=C3OC2=CC1. The number of carbonyl (C=O) groups excluding carboxylic acids is 1. The van der Waals surface area contributed by atoms with E-state index in [0.717, 1.165) is 40.5 Å². The Bertz CT molecular complexity index is 593. The summed E-state index contributed by atoms with van der Waals surface area (Å²) in [5.74, 6) is 1.65. The number of ether oxygens (including phenoxy) is 1. The molecule has 1 amide bonds. The maximum absolute atomic E-state index is 11.1. The lowest BCUT2D eigenvalue weighted by Crippen LogP contribution is -2.33. The zero-order chi connectivity index (χ0) is 13.4. The van der Waals surface area contributed by atoms with E-state index in [0.29, 0.717) is 0 Å². The van der Waals surface area contributed by atoms with Gasteiger partial charge in [0, 0.05) is 23.1 Å². The lowest BCUT2D eigenvalue weighted by atomic mass is 9.94. The highest BCUT2D eigenvalue weighted by molar-refractivity contribution is 6.32. The van der Waals surface area contributed by atoms with E-state index in [-0.39, 0.29) is 11.9 Å². The molecule has 3 aliphatic rings. The molecule has 0 aromatic heterocycles. The number of hydrogen-bond acceptors (Lipinski definition) is 2. The molecule has 0 fully saturated rings. The quantitative estimate of drug-likeness (QED) is 0.799. The van der Waals surface area contributed by atoms with Crippen molar-refractivity contribution < 1.29 is 9.53 Å². The molecule has 0 spiro atoms. The van der Waals surface area contributed by atoms with Gasteiger partial charge in [0.1, 0.15) is 11.5 Å². The van der Waals surface area contributed by atoms with Crippen LogP contribution in [0.3, 0.4) is 0 Å². The Hall–Kier alpha value is -1.74. The number of halogens is 1. The van der Waals surface area contributed by atoms with Crippen molar-refractivity contribution in [2.24, 2.45) is 0 Å². The minimum Gasteiger partial charge on any atom is -0.457 e. The number of hydrogen-bond donors (Lipinski definition) is 1. The molecule has 3 nitrogen and oxygen atoms in total. The molecule has 19 heavy (non-hydrogen) atoms. The lowest BCUT2D eigenvalue weighted by Gasteiger charge is -2.28. The monoisotopic (exact) mass is 275 g/mol. The van der Waals surface area contributed by atoms with Crippen LogP contribution in [0.1, 0.15) is 19.8 Å². The first kappa shape index (κ1) is 12.3. The Balaban J connectivity index is 1.93. The fraction of sp³-hybridized carbons (Fsp3) is 0.267. The average Bonchev–Trinajstić information content (AvgIpc) is 2.37. The Morgan fingerprint density at radius 2 is 2.21 bits per heavy atom. The van der Waals surface area contributed by atoms with Crippen molar-refractivity contribution in [1.82, 2.24) is 5.32 Å². The minimum absolute atomic E-state index is 0.0218. The van der Waals surface area contributed by atoms with E-state index in [2.05, 4.69) is 5.32 Å². The van der Waals surface area contributed by atoms with Crippen LogP contribution in [0.15, 0.2) is 58.1 Å². The van der Waals surface area contributed by atoms with Crippen LogP contribution in [0.4, 0.5) is 0 Å². The van der Waals surface area contributed by atoms with Gasteiger partial charge in [0.25, 0.3) is 0 Å². The van der Waals surface area contributed by atoms with Crippen LogP contribution in [0.2, 0.25) is 0 Å². The third-order valence-corrected chi connectivity index (χ3v) is 3.61. The molecular formula is C15H14ClNO2. The summed E-state index contributed by atoms with van der Waals surface area (Å²) in [6.45, 7) is 1.52. The molecule has 0 saturated heterocycles. The molecule has 0 aromatic carbocycles. The van der Waals surface area contributed by atoms with Crippen LogP contribution in [-0.4, -0.2) is 11.9 Å². The number of rotatable bonds is 1. The van der Waals surface area contributed by atoms with Gasteiger partial charge in [-0.25, -0.2) is 0 Å². The molecule has 1 heterocycles.